The number of carbonyl (C=O) groups is 1. The van der Waals surface area contributed by atoms with Gasteiger partial charge in [-0.25, -0.2) is 0 Å². The normalized spacial score (nSPS) is 14.4. The highest BCUT2D eigenvalue weighted by Gasteiger charge is 2.38. The fourth-order valence-electron chi connectivity index (χ4n) is 2.47. The molecule has 1 aliphatic heterocycles. The molecule has 1 atom stereocenters. The predicted molar refractivity (Wildman–Crippen MR) is 97.9 cm³/mol. The monoisotopic (exact) mass is 412 g/mol. The van der Waals surface area contributed by atoms with Gasteiger partial charge in [-0.3, -0.25) is 4.79 Å². The van der Waals surface area contributed by atoms with Crippen LogP contribution in [0.25, 0.3) is 6.08 Å². The number of hydrogen-bond acceptors (Lipinski definition) is 4. The van der Waals surface area contributed by atoms with E-state index in [1.165, 1.54) is 12.1 Å². The number of aldehydes is 1. The van der Waals surface area contributed by atoms with Crippen LogP contribution in [0.3, 0.4) is 0 Å². The van der Waals surface area contributed by atoms with E-state index < -0.39 is 12.3 Å². The van der Waals surface area contributed by atoms with Crippen molar-refractivity contribution in [2.24, 2.45) is 0 Å². The van der Waals surface area contributed by atoms with Crippen molar-refractivity contribution < 1.29 is 32.2 Å². The average molecular weight is 413 g/mol. The van der Waals surface area contributed by atoms with Crippen LogP contribution in [0.2, 0.25) is 5.02 Å². The molecule has 28 heavy (non-hydrogen) atoms. The van der Waals surface area contributed by atoms with E-state index in [9.17, 15) is 18.0 Å². The summed E-state index contributed by atoms with van der Waals surface area (Å²) in [6.07, 6.45) is -3.94. The lowest BCUT2D eigenvalue weighted by atomic mass is 10.1. The van der Waals surface area contributed by atoms with Crippen molar-refractivity contribution in [2.75, 3.05) is 6.61 Å². The zero-order valence-electron chi connectivity index (χ0n) is 14.8. The Hall–Kier alpha value is -2.67. The smallest absolute Gasteiger partial charge is 0.425 e. The van der Waals surface area contributed by atoms with Crippen molar-refractivity contribution >= 4 is 24.0 Å². The van der Waals surface area contributed by atoms with E-state index in [1.807, 2.05) is 0 Å². The number of alkyl halides is 3. The van der Waals surface area contributed by atoms with Crippen molar-refractivity contribution in [3.05, 3.63) is 58.1 Å². The van der Waals surface area contributed by atoms with Gasteiger partial charge in [0.15, 0.2) is 6.10 Å². The van der Waals surface area contributed by atoms with E-state index in [1.54, 1.807) is 30.3 Å². The number of ether oxygens (including phenoxy) is 3. The Morgan fingerprint density at radius 2 is 2.04 bits per heavy atom. The Balaban J connectivity index is 1.65. The van der Waals surface area contributed by atoms with Gasteiger partial charge in [0.05, 0.1) is 5.02 Å². The molecule has 0 aliphatic carbocycles. The fourth-order valence-corrected chi connectivity index (χ4v) is 2.72. The highest BCUT2D eigenvalue weighted by Crippen LogP contribution is 2.32. The molecule has 2 aromatic rings. The molecular formula is C20H16ClF3O4. The van der Waals surface area contributed by atoms with Gasteiger partial charge in [-0.05, 0) is 42.8 Å². The second-order valence-electron chi connectivity index (χ2n) is 6.18. The zero-order chi connectivity index (χ0) is 20.3. The molecule has 3 rings (SSSR count). The average Bonchev–Trinajstić information content (AvgIpc) is 2.66. The number of hydrogen-bond donors (Lipinski definition) is 0. The maximum Gasteiger partial charge on any atom is 0.425 e. The molecule has 1 aliphatic rings. The van der Waals surface area contributed by atoms with Gasteiger partial charge in [-0.15, -0.1) is 0 Å². The van der Waals surface area contributed by atoms with Crippen molar-refractivity contribution in [3.63, 3.8) is 0 Å². The number of fused-ring (bicyclic) bond motifs is 1. The SMILES string of the molecule is C[C@H](Oc1ccc(COc2ccc3c(c2)OCC(C=O)=C3)cc1Cl)C(F)(F)F. The molecule has 0 saturated carbocycles. The molecule has 0 spiro atoms. The van der Waals surface area contributed by atoms with Crippen molar-refractivity contribution in [1.29, 1.82) is 0 Å². The maximum atomic E-state index is 12.6. The molecule has 0 fully saturated rings. The van der Waals surface area contributed by atoms with Gasteiger partial charge in [-0.2, -0.15) is 13.2 Å². The van der Waals surface area contributed by atoms with Crippen LogP contribution in [0.5, 0.6) is 17.2 Å². The molecule has 8 heteroatoms. The summed E-state index contributed by atoms with van der Waals surface area (Å²) in [5.74, 6) is 1.10. The van der Waals surface area contributed by atoms with Crippen LogP contribution in [-0.2, 0) is 11.4 Å². The third-order valence-corrected chi connectivity index (χ3v) is 4.33. The van der Waals surface area contributed by atoms with E-state index in [0.717, 1.165) is 18.8 Å². The second-order valence-corrected chi connectivity index (χ2v) is 6.59. The molecule has 0 unspecified atom stereocenters. The van der Waals surface area contributed by atoms with Gasteiger partial charge in [0, 0.05) is 17.2 Å². The van der Waals surface area contributed by atoms with Crippen LogP contribution in [0, 0.1) is 0 Å². The van der Waals surface area contributed by atoms with Crippen LogP contribution < -0.4 is 14.2 Å². The second kappa shape index (κ2) is 8.14. The summed E-state index contributed by atoms with van der Waals surface area (Å²) >= 11 is 6.02. The molecular weight excluding hydrogens is 397 g/mol. The molecule has 0 amide bonds. The fraction of sp³-hybridized carbons (Fsp3) is 0.250. The highest BCUT2D eigenvalue weighted by molar-refractivity contribution is 6.32. The number of rotatable bonds is 6. The van der Waals surface area contributed by atoms with Crippen LogP contribution in [0.4, 0.5) is 13.2 Å². The summed E-state index contributed by atoms with van der Waals surface area (Å²) in [4.78, 5) is 10.8. The minimum absolute atomic E-state index is 0.0461. The lowest BCUT2D eigenvalue weighted by Crippen LogP contribution is -2.31. The predicted octanol–water partition coefficient (Wildman–Crippen LogP) is 5.22. The summed E-state index contributed by atoms with van der Waals surface area (Å²) < 4.78 is 53.9. The van der Waals surface area contributed by atoms with Gasteiger partial charge in [0.2, 0.25) is 0 Å². The Kier molecular flexibility index (Phi) is 5.84. The third kappa shape index (κ3) is 4.78. The first kappa shape index (κ1) is 20.1. The third-order valence-electron chi connectivity index (χ3n) is 4.04. The number of carbonyl (C=O) groups excluding carboxylic acids is 1. The van der Waals surface area contributed by atoms with E-state index >= 15 is 0 Å². The van der Waals surface area contributed by atoms with Gasteiger partial charge >= 0.3 is 6.18 Å². The Morgan fingerprint density at radius 3 is 2.71 bits per heavy atom. The van der Waals surface area contributed by atoms with Crippen molar-refractivity contribution in [3.8, 4) is 17.2 Å². The first-order valence-electron chi connectivity index (χ1n) is 8.33. The maximum absolute atomic E-state index is 12.6. The van der Waals surface area contributed by atoms with Crippen LogP contribution in [0.15, 0.2) is 42.0 Å². The molecule has 1 heterocycles. The van der Waals surface area contributed by atoms with Crippen molar-refractivity contribution in [1.82, 2.24) is 0 Å². The van der Waals surface area contributed by atoms with E-state index in [-0.39, 0.29) is 24.0 Å². The summed E-state index contributed by atoms with van der Waals surface area (Å²) in [6, 6.07) is 9.67. The molecule has 148 valence electrons. The Morgan fingerprint density at radius 1 is 1.25 bits per heavy atom. The van der Waals surface area contributed by atoms with Crippen LogP contribution >= 0.6 is 11.6 Å². The molecule has 2 aromatic carbocycles. The summed E-state index contributed by atoms with van der Waals surface area (Å²) in [5, 5.41) is 0.0671. The van der Waals surface area contributed by atoms with Crippen LogP contribution in [0.1, 0.15) is 18.1 Å². The molecule has 0 saturated heterocycles. The Labute approximate surface area is 164 Å². The summed E-state index contributed by atoms with van der Waals surface area (Å²) in [5.41, 5.74) is 2.00. The van der Waals surface area contributed by atoms with Crippen LogP contribution in [-0.4, -0.2) is 25.2 Å². The lowest BCUT2D eigenvalue weighted by Gasteiger charge is -2.19. The molecule has 0 N–H and O–H groups in total. The summed E-state index contributed by atoms with van der Waals surface area (Å²) in [7, 11) is 0. The standard InChI is InChI=1S/C20H16ClF3O4/c1-12(20(22,23)24)28-18-5-2-13(7-17(18)21)10-26-16-4-3-15-6-14(9-25)11-27-19(15)8-16/h2-9,12H,10-11H2,1H3/t12-/m0/s1. The zero-order valence-corrected chi connectivity index (χ0v) is 15.5. The molecule has 4 nitrogen and oxygen atoms in total. The van der Waals surface area contributed by atoms with E-state index in [4.69, 9.17) is 25.8 Å². The first-order chi connectivity index (χ1) is 13.3. The van der Waals surface area contributed by atoms with Gasteiger partial charge in [0.25, 0.3) is 0 Å². The van der Waals surface area contributed by atoms with Gasteiger partial charge in [-0.1, -0.05) is 17.7 Å². The van der Waals surface area contributed by atoms with E-state index in [2.05, 4.69) is 0 Å². The minimum atomic E-state index is -4.47. The quantitative estimate of drug-likeness (QED) is 0.610. The minimum Gasteiger partial charge on any atom is -0.489 e. The number of halogens is 4. The molecule has 0 radical (unpaired) electrons. The topological polar surface area (TPSA) is 44.8 Å². The van der Waals surface area contributed by atoms with Crippen molar-refractivity contribution in [2.45, 2.75) is 25.8 Å². The first-order valence-corrected chi connectivity index (χ1v) is 8.71. The highest BCUT2D eigenvalue weighted by atomic mass is 35.5. The molecule has 0 aromatic heterocycles. The van der Waals surface area contributed by atoms with E-state index in [0.29, 0.717) is 22.6 Å². The number of benzene rings is 2. The Bertz CT molecular complexity index is 909. The molecule has 0 bridgehead atoms. The van der Waals surface area contributed by atoms with Gasteiger partial charge < -0.3 is 14.2 Å². The largest absolute Gasteiger partial charge is 0.489 e. The summed E-state index contributed by atoms with van der Waals surface area (Å²) in [6.45, 7) is 1.27. The van der Waals surface area contributed by atoms with Gasteiger partial charge in [0.1, 0.15) is 36.7 Å². The lowest BCUT2D eigenvalue weighted by molar-refractivity contribution is -0.189.